The third kappa shape index (κ3) is 5.77. The van der Waals surface area contributed by atoms with Crippen molar-refractivity contribution in [2.24, 2.45) is 0 Å². The summed E-state index contributed by atoms with van der Waals surface area (Å²) in [6, 6.07) is 82.8. The van der Waals surface area contributed by atoms with E-state index in [1.165, 1.54) is 48.9 Å². The van der Waals surface area contributed by atoms with Crippen molar-refractivity contribution in [1.82, 2.24) is 19.1 Å². The van der Waals surface area contributed by atoms with Gasteiger partial charge in [-0.2, -0.15) is 0 Å². The second-order valence-corrected chi connectivity index (χ2v) is 16.6. The second kappa shape index (κ2) is 14.5. The van der Waals surface area contributed by atoms with Crippen LogP contribution < -0.4 is 0 Å². The van der Waals surface area contributed by atoms with E-state index < -0.39 is 0 Å². The van der Waals surface area contributed by atoms with Crippen molar-refractivity contribution >= 4 is 65.2 Å². The van der Waals surface area contributed by atoms with Gasteiger partial charge in [-0.05, 0) is 87.3 Å². The zero-order valence-corrected chi connectivity index (χ0v) is 34.7. The molecular weight excluding hydrogens is 777 g/mol. The Labute approximate surface area is 369 Å². The van der Waals surface area contributed by atoms with Crippen molar-refractivity contribution in [2.45, 2.75) is 0 Å². The van der Waals surface area contributed by atoms with Gasteiger partial charge in [-0.3, -0.25) is 0 Å². The molecule has 0 aliphatic rings. The third-order valence-corrected chi connectivity index (χ3v) is 12.9. The lowest BCUT2D eigenvalue weighted by molar-refractivity contribution is 1.13. The third-order valence-electron chi connectivity index (χ3n) is 12.9. The molecule has 0 spiro atoms. The van der Waals surface area contributed by atoms with Crippen molar-refractivity contribution < 1.29 is 0 Å². The van der Waals surface area contributed by atoms with E-state index in [4.69, 9.17) is 9.97 Å². The first-order valence-electron chi connectivity index (χ1n) is 21.8. The molecule has 4 heteroatoms. The summed E-state index contributed by atoms with van der Waals surface area (Å²) in [5.74, 6) is 0.687. The van der Waals surface area contributed by atoms with E-state index in [0.717, 1.165) is 66.9 Å². The number of hydrogen-bond acceptors (Lipinski definition) is 2. The number of para-hydroxylation sites is 3. The van der Waals surface area contributed by atoms with Gasteiger partial charge >= 0.3 is 0 Å². The average molecular weight is 815 g/mol. The van der Waals surface area contributed by atoms with Gasteiger partial charge in [0, 0.05) is 49.6 Å². The van der Waals surface area contributed by atoms with Crippen LogP contribution in [0.15, 0.2) is 231 Å². The lowest BCUT2D eigenvalue weighted by Crippen LogP contribution is -1.98. The number of aromatic nitrogens is 4. The fraction of sp³-hybridized carbons (Fsp3) is 0. The van der Waals surface area contributed by atoms with Crippen molar-refractivity contribution in [3.63, 3.8) is 0 Å². The molecule has 0 N–H and O–H groups in total. The summed E-state index contributed by atoms with van der Waals surface area (Å²) in [5, 5.41) is 9.63. The van der Waals surface area contributed by atoms with E-state index in [1.54, 1.807) is 0 Å². The Morgan fingerprint density at radius 1 is 0.266 bits per heavy atom. The highest BCUT2D eigenvalue weighted by molar-refractivity contribution is 6.11. The molecule has 3 aromatic heterocycles. The molecule has 298 valence electrons. The Balaban J connectivity index is 0.972. The molecule has 0 saturated carbocycles. The molecular formula is C60H38N4. The summed E-state index contributed by atoms with van der Waals surface area (Å²) in [5.41, 5.74) is 14.1. The van der Waals surface area contributed by atoms with Crippen molar-refractivity contribution in [1.29, 1.82) is 0 Å². The first-order chi connectivity index (χ1) is 31.7. The molecule has 13 aromatic rings. The van der Waals surface area contributed by atoms with E-state index in [1.807, 2.05) is 0 Å². The molecule has 3 heterocycles. The Morgan fingerprint density at radius 2 is 0.688 bits per heavy atom. The summed E-state index contributed by atoms with van der Waals surface area (Å²) in [6.07, 6.45) is 0. The van der Waals surface area contributed by atoms with Gasteiger partial charge in [0.05, 0.1) is 33.5 Å². The van der Waals surface area contributed by atoms with E-state index in [9.17, 15) is 0 Å². The quantitative estimate of drug-likeness (QED) is 0.168. The van der Waals surface area contributed by atoms with Crippen molar-refractivity contribution in [3.8, 4) is 56.4 Å². The van der Waals surface area contributed by atoms with Crippen molar-refractivity contribution in [3.05, 3.63) is 231 Å². The monoisotopic (exact) mass is 814 g/mol. The normalized spacial score (nSPS) is 11.8. The molecule has 64 heavy (non-hydrogen) atoms. The molecule has 0 fully saturated rings. The van der Waals surface area contributed by atoms with Crippen LogP contribution in [0.1, 0.15) is 0 Å². The standard InChI is InChI=1S/C60H38N4/c1-3-23-46-39(15-1)17-12-28-48(46)54-38-55(49-29-13-18-40-16-2-4-24-47(40)49)62-60(61-54)43-20-11-19-41(35-43)42-33-34-53-52-27-7-10-32-58(52)64(59(53)36-42)45-22-14-21-44(37-45)63-56-30-8-5-25-50(56)51-26-6-9-31-57(51)63/h1-38H. The molecule has 0 atom stereocenters. The Hall–Kier alpha value is -8.60. The van der Waals surface area contributed by atoms with Gasteiger partial charge in [0.15, 0.2) is 5.82 Å². The molecule has 4 nitrogen and oxygen atoms in total. The fourth-order valence-electron chi connectivity index (χ4n) is 9.99. The van der Waals surface area contributed by atoms with Gasteiger partial charge in [-0.25, -0.2) is 9.97 Å². The molecule has 0 aliphatic carbocycles. The molecule has 13 rings (SSSR count). The highest BCUT2D eigenvalue weighted by atomic mass is 15.0. The van der Waals surface area contributed by atoms with Crippen LogP contribution in [-0.2, 0) is 0 Å². The smallest absolute Gasteiger partial charge is 0.160 e. The maximum atomic E-state index is 5.35. The average Bonchev–Trinajstić information content (AvgIpc) is 3.89. The highest BCUT2D eigenvalue weighted by Crippen LogP contribution is 2.39. The molecule has 0 aliphatic heterocycles. The lowest BCUT2D eigenvalue weighted by atomic mass is 9.98. The van der Waals surface area contributed by atoms with Crippen LogP contribution in [-0.4, -0.2) is 19.1 Å². The topological polar surface area (TPSA) is 35.6 Å². The molecule has 0 radical (unpaired) electrons. The molecule has 0 saturated heterocycles. The van der Waals surface area contributed by atoms with Gasteiger partial charge in [-0.15, -0.1) is 0 Å². The molecule has 10 aromatic carbocycles. The largest absolute Gasteiger partial charge is 0.309 e. The molecule has 0 bridgehead atoms. The van der Waals surface area contributed by atoms with Crippen LogP contribution in [0.4, 0.5) is 0 Å². The predicted octanol–water partition coefficient (Wildman–Crippen LogP) is 15.6. The first-order valence-corrected chi connectivity index (χ1v) is 21.8. The molecule has 0 amide bonds. The van der Waals surface area contributed by atoms with Crippen LogP contribution >= 0.6 is 0 Å². The SMILES string of the molecule is c1cc(-c2ccc3c4ccccc4n(-c4cccc(-n5c6ccccc6c6ccccc65)c4)c3c2)cc(-c2nc(-c3cccc4ccccc34)cc(-c3cccc4ccccc34)n2)c1. The Kier molecular flexibility index (Phi) is 8.18. The number of benzene rings is 10. The van der Waals surface area contributed by atoms with E-state index >= 15 is 0 Å². The predicted molar refractivity (Wildman–Crippen MR) is 267 cm³/mol. The minimum absolute atomic E-state index is 0.687. The van der Waals surface area contributed by atoms with Gasteiger partial charge in [0.25, 0.3) is 0 Å². The van der Waals surface area contributed by atoms with Crippen LogP contribution in [0.3, 0.4) is 0 Å². The summed E-state index contributed by atoms with van der Waals surface area (Å²) in [4.78, 5) is 10.7. The van der Waals surface area contributed by atoms with Crippen LogP contribution in [0.5, 0.6) is 0 Å². The number of nitrogens with zero attached hydrogens (tertiary/aromatic N) is 4. The summed E-state index contributed by atoms with van der Waals surface area (Å²) in [6.45, 7) is 0. The molecule has 0 unspecified atom stereocenters. The van der Waals surface area contributed by atoms with E-state index in [2.05, 4.69) is 240 Å². The zero-order valence-electron chi connectivity index (χ0n) is 34.7. The fourth-order valence-corrected chi connectivity index (χ4v) is 9.99. The summed E-state index contributed by atoms with van der Waals surface area (Å²) < 4.78 is 4.81. The Bertz CT molecular complexity index is 3820. The zero-order chi connectivity index (χ0) is 42.1. The van der Waals surface area contributed by atoms with Crippen LogP contribution in [0, 0.1) is 0 Å². The Morgan fingerprint density at radius 3 is 1.27 bits per heavy atom. The number of hydrogen-bond donors (Lipinski definition) is 0. The number of rotatable bonds is 6. The van der Waals surface area contributed by atoms with Crippen molar-refractivity contribution in [2.75, 3.05) is 0 Å². The lowest BCUT2D eigenvalue weighted by Gasteiger charge is -2.14. The van der Waals surface area contributed by atoms with E-state index in [-0.39, 0.29) is 0 Å². The van der Waals surface area contributed by atoms with Crippen LogP contribution in [0.25, 0.3) is 122 Å². The second-order valence-electron chi connectivity index (χ2n) is 16.6. The van der Waals surface area contributed by atoms with E-state index in [0.29, 0.717) is 5.82 Å². The van der Waals surface area contributed by atoms with Gasteiger partial charge in [0.1, 0.15) is 0 Å². The van der Waals surface area contributed by atoms with Gasteiger partial charge < -0.3 is 9.13 Å². The minimum Gasteiger partial charge on any atom is -0.309 e. The number of fused-ring (bicyclic) bond motifs is 8. The van der Waals surface area contributed by atoms with Crippen LogP contribution in [0.2, 0.25) is 0 Å². The van der Waals surface area contributed by atoms with Gasteiger partial charge in [-0.1, -0.05) is 176 Å². The highest BCUT2D eigenvalue weighted by Gasteiger charge is 2.18. The summed E-state index contributed by atoms with van der Waals surface area (Å²) in [7, 11) is 0. The first kappa shape index (κ1) is 36.1. The van der Waals surface area contributed by atoms with Gasteiger partial charge in [0.2, 0.25) is 0 Å². The maximum absolute atomic E-state index is 5.35. The maximum Gasteiger partial charge on any atom is 0.160 e. The summed E-state index contributed by atoms with van der Waals surface area (Å²) >= 11 is 0. The minimum atomic E-state index is 0.687.